The minimum Gasteiger partial charge on any atom is -0.475 e. The molecule has 0 spiro atoms. The molecule has 0 aliphatic carbocycles. The maximum absolute atomic E-state index is 13.3. The lowest BCUT2D eigenvalue weighted by molar-refractivity contribution is -0.192. The van der Waals surface area contributed by atoms with E-state index in [1.54, 1.807) is 24.1 Å². The number of aliphatic carboxylic acids is 1. The van der Waals surface area contributed by atoms with Gasteiger partial charge in [-0.05, 0) is 24.3 Å². The topological polar surface area (TPSA) is 134 Å². The van der Waals surface area contributed by atoms with Crippen LogP contribution in [0.4, 0.5) is 55.2 Å². The van der Waals surface area contributed by atoms with Crippen LogP contribution in [0.1, 0.15) is 5.56 Å². The molecule has 17 heteroatoms. The Labute approximate surface area is 209 Å². The van der Waals surface area contributed by atoms with Crippen molar-refractivity contribution < 1.29 is 41.0 Å². The molecule has 3 rings (SSSR count). The number of carboxylic acid groups (broad SMARTS) is 1. The Balaban J connectivity index is 0.000000604. The van der Waals surface area contributed by atoms with Crippen LogP contribution >= 0.6 is 11.6 Å². The van der Waals surface area contributed by atoms with Crippen LogP contribution < -0.4 is 16.0 Å². The van der Waals surface area contributed by atoms with Gasteiger partial charge < -0.3 is 21.1 Å². The van der Waals surface area contributed by atoms with Gasteiger partial charge in [-0.25, -0.2) is 9.78 Å². The average molecular weight is 552 g/mol. The lowest BCUT2D eigenvalue weighted by Gasteiger charge is -2.14. The highest BCUT2D eigenvalue weighted by Crippen LogP contribution is 2.35. The normalized spacial score (nSPS) is 11.1. The SMILES string of the molecule is C=CC(=O)Nc1cc(Nc2nc(Nc3cnn(C)c3)ncc2Cl)cc(C(F)(F)F)c1.O=C(O)C(F)(F)F. The molecule has 2 heterocycles. The number of anilines is 5. The Morgan fingerprint density at radius 2 is 1.68 bits per heavy atom. The van der Waals surface area contributed by atoms with Gasteiger partial charge in [0.25, 0.3) is 0 Å². The van der Waals surface area contributed by atoms with Crippen molar-refractivity contribution in [2.45, 2.75) is 12.4 Å². The molecule has 0 aliphatic rings. The van der Waals surface area contributed by atoms with Crippen LogP contribution in [0.5, 0.6) is 0 Å². The van der Waals surface area contributed by atoms with E-state index < -0.39 is 29.8 Å². The Morgan fingerprint density at radius 3 is 2.19 bits per heavy atom. The number of hydrogen-bond donors (Lipinski definition) is 4. The fourth-order valence-electron chi connectivity index (χ4n) is 2.40. The van der Waals surface area contributed by atoms with Crippen molar-refractivity contribution in [3.63, 3.8) is 0 Å². The Kier molecular flexibility index (Phi) is 9.06. The Bertz CT molecular complexity index is 1290. The van der Waals surface area contributed by atoms with Gasteiger partial charge in [-0.2, -0.15) is 36.4 Å². The third-order valence-corrected chi connectivity index (χ3v) is 4.20. The van der Waals surface area contributed by atoms with E-state index in [2.05, 4.69) is 37.6 Å². The number of benzene rings is 1. The van der Waals surface area contributed by atoms with Crippen molar-refractivity contribution in [2.24, 2.45) is 7.05 Å². The van der Waals surface area contributed by atoms with Crippen LogP contribution in [0, 0.1) is 0 Å². The quantitative estimate of drug-likeness (QED) is 0.245. The van der Waals surface area contributed by atoms with E-state index in [9.17, 15) is 31.1 Å². The molecule has 0 saturated carbocycles. The van der Waals surface area contributed by atoms with E-state index in [1.165, 1.54) is 12.3 Å². The number of amides is 1. The molecule has 0 saturated heterocycles. The van der Waals surface area contributed by atoms with Gasteiger partial charge in [0, 0.05) is 24.6 Å². The van der Waals surface area contributed by atoms with Crippen molar-refractivity contribution in [1.29, 1.82) is 0 Å². The second-order valence-electron chi connectivity index (χ2n) is 6.84. The maximum atomic E-state index is 13.3. The van der Waals surface area contributed by atoms with Gasteiger partial charge in [0.1, 0.15) is 5.02 Å². The van der Waals surface area contributed by atoms with E-state index in [-0.39, 0.29) is 28.2 Å². The number of aryl methyl sites for hydroxylation is 1. The molecule has 0 atom stereocenters. The van der Waals surface area contributed by atoms with Crippen molar-refractivity contribution >= 4 is 52.3 Å². The van der Waals surface area contributed by atoms with Crippen molar-refractivity contribution in [2.75, 3.05) is 16.0 Å². The van der Waals surface area contributed by atoms with Crippen molar-refractivity contribution in [1.82, 2.24) is 19.7 Å². The molecule has 1 amide bonds. The first-order valence-electron chi connectivity index (χ1n) is 9.59. The molecule has 0 unspecified atom stereocenters. The zero-order valence-corrected chi connectivity index (χ0v) is 19.2. The second kappa shape index (κ2) is 11.6. The van der Waals surface area contributed by atoms with E-state index in [4.69, 9.17) is 21.5 Å². The first-order chi connectivity index (χ1) is 17.1. The van der Waals surface area contributed by atoms with Crippen LogP contribution in [0.25, 0.3) is 0 Å². The second-order valence-corrected chi connectivity index (χ2v) is 7.24. The number of halogens is 7. The van der Waals surface area contributed by atoms with Crippen molar-refractivity contribution in [3.05, 3.63) is 60.0 Å². The minimum absolute atomic E-state index is 0.0112. The highest BCUT2D eigenvalue weighted by molar-refractivity contribution is 6.32. The van der Waals surface area contributed by atoms with Crippen LogP contribution in [0.3, 0.4) is 0 Å². The highest BCUT2D eigenvalue weighted by atomic mass is 35.5. The molecule has 10 nitrogen and oxygen atoms in total. The Hall–Kier alpha value is -4.34. The number of carbonyl (C=O) groups excluding carboxylic acids is 1. The summed E-state index contributed by atoms with van der Waals surface area (Å²) in [5.41, 5.74) is -0.418. The van der Waals surface area contributed by atoms with Gasteiger partial charge in [0.15, 0.2) is 5.82 Å². The smallest absolute Gasteiger partial charge is 0.475 e. The summed E-state index contributed by atoms with van der Waals surface area (Å²) in [6.45, 7) is 3.28. The standard InChI is InChI=1S/C18H15ClF3N7O.C2HF3O2/c1-3-15(30)25-11-4-10(18(20,21)22)5-12(6-11)26-16-14(19)8-23-17(28-16)27-13-7-24-29(2)9-13;3-2(4,5)1(6)7/h3-9H,1H2,2H3,(H,25,30)(H2,23,26,27,28);(H,6,7). The first-order valence-corrected chi connectivity index (χ1v) is 9.97. The molecular formula is C20H16ClF6N7O3. The predicted molar refractivity (Wildman–Crippen MR) is 121 cm³/mol. The third kappa shape index (κ3) is 8.99. The average Bonchev–Trinajstić information content (AvgIpc) is 3.19. The summed E-state index contributed by atoms with van der Waals surface area (Å²) in [6, 6.07) is 2.99. The molecule has 0 fully saturated rings. The fourth-order valence-corrected chi connectivity index (χ4v) is 2.53. The molecule has 0 aliphatic heterocycles. The van der Waals surface area contributed by atoms with E-state index >= 15 is 0 Å². The number of aromatic nitrogens is 4. The molecule has 0 bridgehead atoms. The number of nitrogens with zero attached hydrogens (tertiary/aromatic N) is 4. The number of hydrogen-bond acceptors (Lipinski definition) is 7. The van der Waals surface area contributed by atoms with Crippen LogP contribution in [-0.4, -0.2) is 42.9 Å². The molecule has 0 radical (unpaired) electrons. The number of alkyl halides is 6. The highest BCUT2D eigenvalue weighted by Gasteiger charge is 2.38. The van der Waals surface area contributed by atoms with Gasteiger partial charge in [-0.3, -0.25) is 9.48 Å². The van der Waals surface area contributed by atoms with Crippen LogP contribution in [0.15, 0.2) is 49.4 Å². The molecule has 37 heavy (non-hydrogen) atoms. The van der Waals surface area contributed by atoms with Gasteiger partial charge in [0.05, 0.1) is 23.6 Å². The number of carboxylic acids is 1. The molecule has 1 aromatic carbocycles. The summed E-state index contributed by atoms with van der Waals surface area (Å²) >= 11 is 6.09. The summed E-state index contributed by atoms with van der Waals surface area (Å²) in [6.07, 6.45) is -4.23. The lowest BCUT2D eigenvalue weighted by Crippen LogP contribution is -2.21. The van der Waals surface area contributed by atoms with Gasteiger partial charge in [-0.15, -0.1) is 0 Å². The van der Waals surface area contributed by atoms with Crippen LogP contribution in [0.2, 0.25) is 5.02 Å². The van der Waals surface area contributed by atoms with Crippen LogP contribution in [-0.2, 0) is 22.8 Å². The summed E-state index contributed by atoms with van der Waals surface area (Å²) in [5, 5.41) is 19.2. The Morgan fingerprint density at radius 1 is 1.05 bits per heavy atom. The largest absolute Gasteiger partial charge is 0.490 e. The predicted octanol–water partition coefficient (Wildman–Crippen LogP) is 5.13. The molecule has 4 N–H and O–H groups in total. The summed E-state index contributed by atoms with van der Waals surface area (Å²) < 4.78 is 73.1. The number of nitrogens with one attached hydrogen (secondary N) is 3. The molecule has 2 aromatic heterocycles. The van der Waals surface area contributed by atoms with E-state index in [1.807, 2.05) is 0 Å². The number of rotatable bonds is 6. The molecule has 198 valence electrons. The van der Waals surface area contributed by atoms with E-state index in [0.717, 1.165) is 18.2 Å². The van der Waals surface area contributed by atoms with E-state index in [0.29, 0.717) is 5.69 Å². The first kappa shape index (κ1) is 28.9. The van der Waals surface area contributed by atoms with Gasteiger partial charge in [0.2, 0.25) is 11.9 Å². The van der Waals surface area contributed by atoms with Crippen molar-refractivity contribution in [3.8, 4) is 0 Å². The maximum Gasteiger partial charge on any atom is 0.490 e. The summed E-state index contributed by atoms with van der Waals surface area (Å²) in [7, 11) is 1.73. The zero-order valence-electron chi connectivity index (χ0n) is 18.4. The zero-order chi connectivity index (χ0) is 28.0. The summed E-state index contributed by atoms with van der Waals surface area (Å²) in [5.74, 6) is -3.18. The lowest BCUT2D eigenvalue weighted by atomic mass is 10.1. The minimum atomic E-state index is -5.08. The van der Waals surface area contributed by atoms with Gasteiger partial charge in [-0.1, -0.05) is 18.2 Å². The third-order valence-electron chi connectivity index (χ3n) is 3.92. The summed E-state index contributed by atoms with van der Waals surface area (Å²) in [4.78, 5) is 28.6. The molecule has 3 aromatic rings. The molecular weight excluding hydrogens is 536 g/mol. The number of carbonyl (C=O) groups is 2. The monoisotopic (exact) mass is 551 g/mol. The fraction of sp³-hybridized carbons (Fsp3) is 0.150. The van der Waals surface area contributed by atoms with Gasteiger partial charge >= 0.3 is 18.3 Å².